The van der Waals surface area contributed by atoms with E-state index in [1.54, 1.807) is 13.2 Å². The van der Waals surface area contributed by atoms with Crippen LogP contribution in [0.3, 0.4) is 0 Å². The first-order valence-electron chi connectivity index (χ1n) is 5.11. The Kier molecular flexibility index (Phi) is 3.70. The molecule has 0 saturated heterocycles. The molecule has 0 amide bonds. The molecule has 1 heterocycles. The van der Waals surface area contributed by atoms with E-state index in [4.69, 9.17) is 9.47 Å². The predicted octanol–water partition coefficient (Wildman–Crippen LogP) is 2.12. The fourth-order valence-corrected chi connectivity index (χ4v) is 1.27. The molecule has 0 atom stereocenters. The summed E-state index contributed by atoms with van der Waals surface area (Å²) < 4.78 is 11.5. The van der Waals surface area contributed by atoms with Crippen molar-refractivity contribution in [1.82, 2.24) is 9.78 Å². The molecule has 1 rings (SSSR count). The smallest absolute Gasteiger partial charge is 0.435 e. The molecule has 0 unspecified atom stereocenters. The molecule has 0 saturated carbocycles. The Morgan fingerprint density at radius 2 is 2.12 bits per heavy atom. The number of carbonyl (C=O) groups excluding carboxylic acids is 1. The van der Waals surface area contributed by atoms with Crippen molar-refractivity contribution in [1.29, 1.82) is 0 Å². The Morgan fingerprint density at radius 3 is 2.62 bits per heavy atom. The summed E-state index contributed by atoms with van der Waals surface area (Å²) in [4.78, 5) is 11.8. The van der Waals surface area contributed by atoms with E-state index in [1.165, 1.54) is 4.68 Å². The summed E-state index contributed by atoms with van der Waals surface area (Å²) >= 11 is 0. The van der Waals surface area contributed by atoms with Gasteiger partial charge in [0.1, 0.15) is 5.60 Å². The molecule has 0 aliphatic heterocycles. The van der Waals surface area contributed by atoms with Crippen LogP contribution in [0.5, 0.6) is 0 Å². The molecule has 0 N–H and O–H groups in total. The molecule has 5 heteroatoms. The molecule has 0 aliphatic rings. The molecule has 5 nitrogen and oxygen atoms in total. The summed E-state index contributed by atoms with van der Waals surface area (Å²) in [5.41, 5.74) is 0.925. The number of hydrogen-bond acceptors (Lipinski definition) is 4. The molecular formula is C11H18N2O3. The molecule has 16 heavy (non-hydrogen) atoms. The van der Waals surface area contributed by atoms with Gasteiger partial charge >= 0.3 is 6.09 Å². The van der Waals surface area contributed by atoms with Crippen LogP contribution in [0.25, 0.3) is 0 Å². The second kappa shape index (κ2) is 4.65. The summed E-state index contributed by atoms with van der Waals surface area (Å²) in [6.45, 7) is 7.60. The summed E-state index contributed by atoms with van der Waals surface area (Å²) in [7, 11) is 1.57. The maximum absolute atomic E-state index is 11.8. The Morgan fingerprint density at radius 1 is 1.50 bits per heavy atom. The van der Waals surface area contributed by atoms with Crippen LogP contribution in [0.4, 0.5) is 4.79 Å². The van der Waals surface area contributed by atoms with Gasteiger partial charge < -0.3 is 9.47 Å². The van der Waals surface area contributed by atoms with Crippen LogP contribution in [0, 0.1) is 6.92 Å². The third kappa shape index (κ3) is 3.34. The highest BCUT2D eigenvalue weighted by molar-refractivity contribution is 5.70. The van der Waals surface area contributed by atoms with Gasteiger partial charge in [0.2, 0.25) is 0 Å². The van der Waals surface area contributed by atoms with Crippen molar-refractivity contribution < 1.29 is 14.3 Å². The maximum atomic E-state index is 11.8. The van der Waals surface area contributed by atoms with Crippen molar-refractivity contribution in [2.45, 2.75) is 39.9 Å². The first-order chi connectivity index (χ1) is 7.33. The molecule has 0 spiro atoms. The SMILES string of the molecule is COCc1cc(C)nn1C(=O)OC(C)(C)C. The Labute approximate surface area is 95.3 Å². The van der Waals surface area contributed by atoms with Crippen molar-refractivity contribution >= 4 is 6.09 Å². The third-order valence-electron chi connectivity index (χ3n) is 1.76. The minimum atomic E-state index is -0.527. The lowest BCUT2D eigenvalue weighted by atomic mass is 10.2. The topological polar surface area (TPSA) is 53.4 Å². The molecule has 0 radical (unpaired) electrons. The second-order valence-corrected chi connectivity index (χ2v) is 4.60. The molecule has 1 aromatic heterocycles. The van der Waals surface area contributed by atoms with E-state index in [0.29, 0.717) is 12.3 Å². The van der Waals surface area contributed by atoms with E-state index >= 15 is 0 Å². The maximum Gasteiger partial charge on any atom is 0.435 e. The zero-order valence-electron chi connectivity index (χ0n) is 10.4. The lowest BCUT2D eigenvalue weighted by molar-refractivity contribution is 0.0496. The van der Waals surface area contributed by atoms with E-state index in [-0.39, 0.29) is 0 Å². The van der Waals surface area contributed by atoms with Gasteiger partial charge in [0, 0.05) is 7.11 Å². The predicted molar refractivity (Wildman–Crippen MR) is 59.3 cm³/mol. The number of methoxy groups -OCH3 is 1. The zero-order chi connectivity index (χ0) is 12.3. The van der Waals surface area contributed by atoms with Crippen LogP contribution in [0.2, 0.25) is 0 Å². The van der Waals surface area contributed by atoms with Gasteiger partial charge in [0.15, 0.2) is 0 Å². The normalized spacial score (nSPS) is 11.6. The number of nitrogens with zero attached hydrogens (tertiary/aromatic N) is 2. The molecule has 0 aromatic carbocycles. The zero-order valence-corrected chi connectivity index (χ0v) is 10.4. The minimum Gasteiger partial charge on any atom is -0.442 e. The molecule has 0 aliphatic carbocycles. The van der Waals surface area contributed by atoms with E-state index in [2.05, 4.69) is 5.10 Å². The minimum absolute atomic E-state index is 0.333. The monoisotopic (exact) mass is 226 g/mol. The highest BCUT2D eigenvalue weighted by Crippen LogP contribution is 2.11. The Bertz CT molecular complexity index is 377. The Hall–Kier alpha value is -1.36. The largest absolute Gasteiger partial charge is 0.442 e. The third-order valence-corrected chi connectivity index (χ3v) is 1.76. The van der Waals surface area contributed by atoms with Gasteiger partial charge in [-0.25, -0.2) is 4.79 Å². The van der Waals surface area contributed by atoms with Crippen molar-refractivity contribution in [2.75, 3.05) is 7.11 Å². The quantitative estimate of drug-likeness (QED) is 0.775. The van der Waals surface area contributed by atoms with Gasteiger partial charge in [0.25, 0.3) is 0 Å². The summed E-state index contributed by atoms with van der Waals surface area (Å²) in [5, 5.41) is 4.08. The molecule has 0 fully saturated rings. The van der Waals surface area contributed by atoms with Gasteiger partial charge in [-0.1, -0.05) is 0 Å². The van der Waals surface area contributed by atoms with Gasteiger partial charge in [-0.2, -0.15) is 9.78 Å². The van der Waals surface area contributed by atoms with Crippen molar-refractivity contribution in [2.24, 2.45) is 0 Å². The van der Waals surface area contributed by atoms with Crippen LogP contribution < -0.4 is 0 Å². The van der Waals surface area contributed by atoms with Gasteiger partial charge in [-0.05, 0) is 33.8 Å². The van der Waals surface area contributed by atoms with Gasteiger partial charge in [-0.15, -0.1) is 0 Å². The summed E-state index contributed by atoms with van der Waals surface area (Å²) in [5.74, 6) is 0. The fourth-order valence-electron chi connectivity index (χ4n) is 1.27. The molecule has 90 valence electrons. The number of aryl methyl sites for hydroxylation is 1. The van der Waals surface area contributed by atoms with Crippen LogP contribution in [0.15, 0.2) is 6.07 Å². The van der Waals surface area contributed by atoms with Crippen molar-refractivity contribution in [3.05, 3.63) is 17.5 Å². The average molecular weight is 226 g/mol. The number of hydrogen-bond donors (Lipinski definition) is 0. The Balaban J connectivity index is 2.90. The second-order valence-electron chi connectivity index (χ2n) is 4.60. The molecular weight excluding hydrogens is 208 g/mol. The molecule has 0 bridgehead atoms. The first-order valence-corrected chi connectivity index (χ1v) is 5.11. The lowest BCUT2D eigenvalue weighted by Crippen LogP contribution is -2.28. The van der Waals surface area contributed by atoms with Crippen LogP contribution in [-0.4, -0.2) is 28.6 Å². The van der Waals surface area contributed by atoms with Crippen molar-refractivity contribution in [3.8, 4) is 0 Å². The number of rotatable bonds is 2. The van der Waals surface area contributed by atoms with E-state index in [9.17, 15) is 4.79 Å². The first kappa shape index (κ1) is 12.7. The van der Waals surface area contributed by atoms with Crippen LogP contribution >= 0.6 is 0 Å². The number of ether oxygens (including phenoxy) is 2. The van der Waals surface area contributed by atoms with Gasteiger partial charge in [0.05, 0.1) is 18.0 Å². The highest BCUT2D eigenvalue weighted by atomic mass is 16.6. The fraction of sp³-hybridized carbons (Fsp3) is 0.636. The van der Waals surface area contributed by atoms with Crippen molar-refractivity contribution in [3.63, 3.8) is 0 Å². The number of aromatic nitrogens is 2. The lowest BCUT2D eigenvalue weighted by Gasteiger charge is -2.19. The van der Waals surface area contributed by atoms with E-state index in [0.717, 1.165) is 5.69 Å². The summed E-state index contributed by atoms with van der Waals surface area (Å²) in [6, 6.07) is 1.80. The van der Waals surface area contributed by atoms with Gasteiger partial charge in [-0.3, -0.25) is 0 Å². The van der Waals surface area contributed by atoms with E-state index < -0.39 is 11.7 Å². The van der Waals surface area contributed by atoms with E-state index in [1.807, 2.05) is 27.7 Å². The molecule has 1 aromatic rings. The number of carbonyl (C=O) groups is 1. The standard InChI is InChI=1S/C11H18N2O3/c1-8-6-9(7-15-5)13(12-8)10(14)16-11(2,3)4/h6H,7H2,1-5H3. The van der Waals surface area contributed by atoms with Crippen LogP contribution in [-0.2, 0) is 16.1 Å². The van der Waals surface area contributed by atoms with Crippen LogP contribution in [0.1, 0.15) is 32.2 Å². The average Bonchev–Trinajstić information content (AvgIpc) is 2.44. The summed E-state index contributed by atoms with van der Waals surface area (Å²) in [6.07, 6.45) is -0.479. The highest BCUT2D eigenvalue weighted by Gasteiger charge is 2.20.